The van der Waals surface area contributed by atoms with E-state index in [1.807, 2.05) is 25.6 Å². The lowest BCUT2D eigenvalue weighted by molar-refractivity contribution is 0.345. The second-order valence-corrected chi connectivity index (χ2v) is 6.76. The molecule has 1 aliphatic heterocycles. The van der Waals surface area contributed by atoms with E-state index in [0.29, 0.717) is 17.7 Å². The summed E-state index contributed by atoms with van der Waals surface area (Å²) in [6, 6.07) is 0. The van der Waals surface area contributed by atoms with Crippen molar-refractivity contribution in [1.29, 1.82) is 0 Å². The molecule has 0 bridgehead atoms. The van der Waals surface area contributed by atoms with Gasteiger partial charge in [-0.3, -0.25) is 4.68 Å². The molecule has 0 radical (unpaired) electrons. The maximum Gasteiger partial charge on any atom is 0.229 e. The Labute approximate surface area is 145 Å². The first-order chi connectivity index (χ1) is 12.0. The summed E-state index contributed by atoms with van der Waals surface area (Å²) in [5.41, 5.74) is 6.88. The molecule has 1 atom stereocenters. The Morgan fingerprint density at radius 1 is 1.24 bits per heavy atom. The zero-order valence-electron chi connectivity index (χ0n) is 14.8. The Kier molecular flexibility index (Phi) is 3.78. The maximum absolute atomic E-state index is 6.10. The van der Waals surface area contributed by atoms with Crippen molar-refractivity contribution in [3.05, 3.63) is 17.8 Å². The van der Waals surface area contributed by atoms with E-state index in [-0.39, 0.29) is 0 Å². The van der Waals surface area contributed by atoms with Crippen molar-refractivity contribution in [2.45, 2.75) is 33.2 Å². The van der Waals surface area contributed by atoms with Crippen LogP contribution in [0.3, 0.4) is 0 Å². The number of aromatic nitrogens is 7. The van der Waals surface area contributed by atoms with Crippen LogP contribution >= 0.6 is 0 Å². The van der Waals surface area contributed by atoms with Crippen LogP contribution in [0.2, 0.25) is 0 Å². The average molecular weight is 341 g/mol. The van der Waals surface area contributed by atoms with Gasteiger partial charge < -0.3 is 10.6 Å². The van der Waals surface area contributed by atoms with Gasteiger partial charge >= 0.3 is 0 Å². The summed E-state index contributed by atoms with van der Waals surface area (Å²) in [6.07, 6.45) is 3.98. The minimum Gasteiger partial charge on any atom is -0.383 e. The van der Waals surface area contributed by atoms with Crippen molar-refractivity contribution in [2.24, 2.45) is 13.0 Å². The van der Waals surface area contributed by atoms with Gasteiger partial charge in [0.1, 0.15) is 17.5 Å². The lowest BCUT2D eigenvalue weighted by Crippen LogP contribution is -2.38. The summed E-state index contributed by atoms with van der Waals surface area (Å²) in [5, 5.41) is 9.51. The van der Waals surface area contributed by atoms with E-state index in [4.69, 9.17) is 5.73 Å². The highest BCUT2D eigenvalue weighted by Crippen LogP contribution is 2.25. The number of nitrogens with zero attached hydrogens (tertiary/aromatic N) is 8. The van der Waals surface area contributed by atoms with Gasteiger partial charge in [0.25, 0.3) is 0 Å². The number of fused-ring (bicyclic) bond motifs is 1. The third-order valence-corrected chi connectivity index (χ3v) is 4.81. The van der Waals surface area contributed by atoms with Crippen molar-refractivity contribution in [2.75, 3.05) is 23.7 Å². The molecule has 0 spiro atoms. The zero-order chi connectivity index (χ0) is 17.6. The van der Waals surface area contributed by atoms with Crippen LogP contribution in [0.25, 0.3) is 11.0 Å². The summed E-state index contributed by atoms with van der Waals surface area (Å²) >= 11 is 0. The summed E-state index contributed by atoms with van der Waals surface area (Å²) in [4.78, 5) is 15.8. The van der Waals surface area contributed by atoms with Crippen LogP contribution in [0.1, 0.15) is 24.5 Å². The van der Waals surface area contributed by atoms with E-state index < -0.39 is 0 Å². The minimum atomic E-state index is 0.484. The Morgan fingerprint density at radius 2 is 2.08 bits per heavy atom. The van der Waals surface area contributed by atoms with Crippen molar-refractivity contribution >= 4 is 22.8 Å². The zero-order valence-corrected chi connectivity index (χ0v) is 14.8. The van der Waals surface area contributed by atoms with Crippen LogP contribution < -0.4 is 10.6 Å². The van der Waals surface area contributed by atoms with Crippen molar-refractivity contribution in [3.8, 4) is 0 Å². The first kappa shape index (κ1) is 15.8. The van der Waals surface area contributed by atoms with Gasteiger partial charge in [-0.2, -0.15) is 20.2 Å². The molecule has 4 rings (SSSR count). The molecule has 1 fully saturated rings. The van der Waals surface area contributed by atoms with Gasteiger partial charge in [-0.1, -0.05) is 0 Å². The Hall–Kier alpha value is -2.71. The van der Waals surface area contributed by atoms with E-state index in [0.717, 1.165) is 55.2 Å². The maximum atomic E-state index is 6.10. The highest BCUT2D eigenvalue weighted by atomic mass is 15.4. The normalized spacial score (nSPS) is 18.2. The van der Waals surface area contributed by atoms with E-state index in [1.165, 1.54) is 0 Å². The smallest absolute Gasteiger partial charge is 0.229 e. The molecule has 1 aliphatic rings. The molecule has 4 heterocycles. The van der Waals surface area contributed by atoms with Crippen LogP contribution in [0.4, 0.5) is 11.8 Å². The second-order valence-electron chi connectivity index (χ2n) is 6.76. The molecule has 0 aromatic carbocycles. The highest BCUT2D eigenvalue weighted by molar-refractivity contribution is 5.86. The number of piperidine rings is 1. The fourth-order valence-electron chi connectivity index (χ4n) is 3.55. The predicted molar refractivity (Wildman–Crippen MR) is 95.1 cm³/mol. The highest BCUT2D eigenvalue weighted by Gasteiger charge is 2.24. The van der Waals surface area contributed by atoms with Crippen LogP contribution in [-0.2, 0) is 13.6 Å². The SMILES string of the molecule is Cc1nc(C)n(CC2CCCN(c3nc(N)c4cnn(C)c4n3)C2)n1. The van der Waals surface area contributed by atoms with Gasteiger partial charge in [0.2, 0.25) is 5.95 Å². The fraction of sp³-hybridized carbons (Fsp3) is 0.562. The second kappa shape index (κ2) is 5.98. The topological polar surface area (TPSA) is 104 Å². The molecule has 25 heavy (non-hydrogen) atoms. The third-order valence-electron chi connectivity index (χ3n) is 4.81. The molecule has 3 aromatic rings. The molecule has 0 amide bonds. The van der Waals surface area contributed by atoms with Crippen molar-refractivity contribution in [1.82, 2.24) is 34.5 Å². The fourth-order valence-corrected chi connectivity index (χ4v) is 3.55. The molecule has 9 heteroatoms. The molecule has 0 aliphatic carbocycles. The number of hydrogen-bond donors (Lipinski definition) is 1. The Balaban J connectivity index is 1.56. The van der Waals surface area contributed by atoms with Crippen LogP contribution in [0.15, 0.2) is 6.20 Å². The standard InChI is InChI=1S/C16H23N9/c1-10-19-11(2)25(22-10)9-12-5-4-6-24(8-12)16-20-14(17)13-7-18-23(3)15(13)21-16/h7,12H,4-6,8-9H2,1-3H3,(H2,17,20,21). The molecule has 3 aromatic heterocycles. The van der Waals surface area contributed by atoms with Gasteiger partial charge in [0.15, 0.2) is 5.65 Å². The average Bonchev–Trinajstić information content (AvgIpc) is 3.10. The number of anilines is 2. The van der Waals surface area contributed by atoms with E-state index in [2.05, 4.69) is 30.0 Å². The lowest BCUT2D eigenvalue weighted by atomic mass is 9.98. The van der Waals surface area contributed by atoms with Crippen LogP contribution in [0.5, 0.6) is 0 Å². The lowest BCUT2D eigenvalue weighted by Gasteiger charge is -2.32. The van der Waals surface area contributed by atoms with Gasteiger partial charge in [-0.05, 0) is 32.6 Å². The van der Waals surface area contributed by atoms with Gasteiger partial charge in [-0.15, -0.1) is 0 Å². The summed E-state index contributed by atoms with van der Waals surface area (Å²) in [5.74, 6) is 3.44. The number of nitrogen functional groups attached to an aromatic ring is 1. The molecule has 1 unspecified atom stereocenters. The van der Waals surface area contributed by atoms with Crippen LogP contribution in [-0.4, -0.2) is 47.6 Å². The Bertz CT molecular complexity index is 910. The summed E-state index contributed by atoms with van der Waals surface area (Å²) in [7, 11) is 1.87. The minimum absolute atomic E-state index is 0.484. The monoisotopic (exact) mass is 341 g/mol. The molecular formula is C16H23N9. The molecule has 2 N–H and O–H groups in total. The van der Waals surface area contributed by atoms with Gasteiger partial charge in [0.05, 0.1) is 11.6 Å². The third kappa shape index (κ3) is 2.90. The summed E-state index contributed by atoms with van der Waals surface area (Å²) < 4.78 is 3.74. The van der Waals surface area contributed by atoms with Crippen LogP contribution in [0, 0.1) is 19.8 Å². The van der Waals surface area contributed by atoms with E-state index >= 15 is 0 Å². The van der Waals surface area contributed by atoms with E-state index in [9.17, 15) is 0 Å². The summed E-state index contributed by atoms with van der Waals surface area (Å²) in [6.45, 7) is 6.62. The largest absolute Gasteiger partial charge is 0.383 e. The predicted octanol–water partition coefficient (Wildman–Crippen LogP) is 1.07. The first-order valence-corrected chi connectivity index (χ1v) is 8.59. The molecule has 9 nitrogen and oxygen atoms in total. The van der Waals surface area contributed by atoms with E-state index in [1.54, 1.807) is 10.9 Å². The number of nitrogens with two attached hydrogens (primary N) is 1. The first-order valence-electron chi connectivity index (χ1n) is 8.59. The molecule has 1 saturated heterocycles. The number of rotatable bonds is 3. The molecular weight excluding hydrogens is 318 g/mol. The molecule has 132 valence electrons. The quantitative estimate of drug-likeness (QED) is 0.760. The van der Waals surface area contributed by atoms with Gasteiger partial charge in [0, 0.05) is 26.7 Å². The Morgan fingerprint density at radius 3 is 2.84 bits per heavy atom. The van der Waals surface area contributed by atoms with Crippen molar-refractivity contribution in [3.63, 3.8) is 0 Å². The molecule has 0 saturated carbocycles. The number of hydrogen-bond acceptors (Lipinski definition) is 7. The number of aryl methyl sites for hydroxylation is 3. The van der Waals surface area contributed by atoms with Crippen molar-refractivity contribution < 1.29 is 0 Å². The van der Waals surface area contributed by atoms with Gasteiger partial charge in [-0.25, -0.2) is 9.67 Å².